The van der Waals surface area contributed by atoms with Crippen LogP contribution in [0.5, 0.6) is 0 Å². The maximum atomic E-state index is 13.2. The molecule has 1 aliphatic heterocycles. The number of aryl methyl sites for hydroxylation is 2. The molecule has 1 amide bonds. The van der Waals surface area contributed by atoms with Crippen molar-refractivity contribution in [2.75, 3.05) is 18.5 Å². The van der Waals surface area contributed by atoms with E-state index in [0.29, 0.717) is 26.1 Å². The van der Waals surface area contributed by atoms with Gasteiger partial charge < -0.3 is 10.1 Å². The minimum Gasteiger partial charge on any atom is -0.381 e. The average Bonchev–Trinajstić information content (AvgIpc) is 2.55. The summed E-state index contributed by atoms with van der Waals surface area (Å²) < 4.78 is 6.54. The predicted octanol–water partition coefficient (Wildman–Crippen LogP) is 4.75. The molecule has 1 heterocycles. The van der Waals surface area contributed by atoms with E-state index in [1.807, 2.05) is 50.2 Å². The summed E-state index contributed by atoms with van der Waals surface area (Å²) in [5.41, 5.74) is 3.68. The molecule has 0 bridgehead atoms. The Hall–Kier alpha value is -1.65. The Morgan fingerprint density at radius 2 is 1.62 bits per heavy atom. The second-order valence-corrected chi connectivity index (χ2v) is 7.45. The first-order chi connectivity index (χ1) is 11.5. The fourth-order valence-electron chi connectivity index (χ4n) is 3.43. The van der Waals surface area contributed by atoms with Gasteiger partial charge >= 0.3 is 0 Å². The fourth-order valence-corrected chi connectivity index (χ4v) is 3.70. The summed E-state index contributed by atoms with van der Waals surface area (Å²) in [6.45, 7) is 5.30. The zero-order chi connectivity index (χ0) is 17.2. The lowest BCUT2D eigenvalue weighted by atomic mass is 9.73. The number of carbonyl (C=O) groups excluding carboxylic acids is 1. The lowest BCUT2D eigenvalue weighted by Crippen LogP contribution is -2.44. The van der Waals surface area contributed by atoms with Crippen molar-refractivity contribution in [3.8, 4) is 0 Å². The zero-order valence-corrected chi connectivity index (χ0v) is 15.7. The van der Waals surface area contributed by atoms with Crippen molar-refractivity contribution in [1.29, 1.82) is 0 Å². The van der Waals surface area contributed by atoms with Crippen molar-refractivity contribution in [1.82, 2.24) is 0 Å². The Morgan fingerprint density at radius 1 is 1.04 bits per heavy atom. The fraction of sp³-hybridized carbons (Fsp3) is 0.350. The van der Waals surface area contributed by atoms with Crippen LogP contribution in [-0.4, -0.2) is 19.1 Å². The molecule has 126 valence electrons. The van der Waals surface area contributed by atoms with Crippen LogP contribution in [0.2, 0.25) is 0 Å². The summed E-state index contributed by atoms with van der Waals surface area (Å²) in [7, 11) is 0. The molecule has 0 radical (unpaired) electrons. The molecule has 4 heteroatoms. The van der Waals surface area contributed by atoms with Gasteiger partial charge in [-0.3, -0.25) is 4.79 Å². The normalized spacial score (nSPS) is 16.6. The van der Waals surface area contributed by atoms with Gasteiger partial charge in [-0.15, -0.1) is 0 Å². The van der Waals surface area contributed by atoms with Crippen LogP contribution in [0.1, 0.15) is 29.5 Å². The highest BCUT2D eigenvalue weighted by Gasteiger charge is 2.41. The monoisotopic (exact) mass is 387 g/mol. The molecule has 1 aliphatic rings. The van der Waals surface area contributed by atoms with Crippen LogP contribution in [0.25, 0.3) is 0 Å². The van der Waals surface area contributed by atoms with Crippen molar-refractivity contribution in [2.24, 2.45) is 0 Å². The molecule has 1 N–H and O–H groups in total. The predicted molar refractivity (Wildman–Crippen MR) is 100 cm³/mol. The van der Waals surface area contributed by atoms with E-state index in [1.165, 1.54) is 0 Å². The number of nitrogens with one attached hydrogen (secondary N) is 1. The molecular formula is C20H22BrNO2. The van der Waals surface area contributed by atoms with Crippen LogP contribution in [0.3, 0.4) is 0 Å². The molecule has 24 heavy (non-hydrogen) atoms. The summed E-state index contributed by atoms with van der Waals surface area (Å²) in [5, 5.41) is 3.14. The third-order valence-electron chi connectivity index (χ3n) is 4.66. The van der Waals surface area contributed by atoms with E-state index in [-0.39, 0.29) is 5.91 Å². The molecule has 0 aromatic heterocycles. The Morgan fingerprint density at radius 3 is 2.21 bits per heavy atom. The Bertz CT molecular complexity index is 714. The highest BCUT2D eigenvalue weighted by atomic mass is 79.9. The maximum absolute atomic E-state index is 13.2. The molecule has 0 saturated carbocycles. The zero-order valence-electron chi connectivity index (χ0n) is 14.1. The molecule has 0 aliphatic carbocycles. The van der Waals surface area contributed by atoms with Crippen LogP contribution >= 0.6 is 15.9 Å². The molecule has 3 nitrogen and oxygen atoms in total. The van der Waals surface area contributed by atoms with Crippen LogP contribution in [0.4, 0.5) is 5.69 Å². The number of amides is 1. The van der Waals surface area contributed by atoms with E-state index in [0.717, 1.165) is 26.9 Å². The van der Waals surface area contributed by atoms with Gasteiger partial charge in [-0.25, -0.2) is 0 Å². The highest BCUT2D eigenvalue weighted by molar-refractivity contribution is 9.10. The topological polar surface area (TPSA) is 38.3 Å². The first-order valence-electron chi connectivity index (χ1n) is 8.23. The molecular weight excluding hydrogens is 366 g/mol. The van der Waals surface area contributed by atoms with E-state index in [9.17, 15) is 4.79 Å². The molecule has 0 unspecified atom stereocenters. The van der Waals surface area contributed by atoms with E-state index in [1.54, 1.807) is 0 Å². The number of anilines is 1. The molecule has 1 saturated heterocycles. The highest BCUT2D eigenvalue weighted by Crippen LogP contribution is 2.36. The van der Waals surface area contributed by atoms with Gasteiger partial charge in [-0.2, -0.15) is 0 Å². The van der Waals surface area contributed by atoms with Crippen LogP contribution in [0.15, 0.2) is 46.9 Å². The SMILES string of the molecule is Cc1cc(C)cc(NC(=O)C2(c3ccc(Br)cc3)CCOCC2)c1. The van der Waals surface area contributed by atoms with Crippen molar-refractivity contribution < 1.29 is 9.53 Å². The van der Waals surface area contributed by atoms with Crippen LogP contribution in [0, 0.1) is 13.8 Å². The van der Waals surface area contributed by atoms with Crippen molar-refractivity contribution >= 4 is 27.5 Å². The van der Waals surface area contributed by atoms with E-state index < -0.39 is 5.41 Å². The van der Waals surface area contributed by atoms with Crippen molar-refractivity contribution in [3.63, 3.8) is 0 Å². The summed E-state index contributed by atoms with van der Waals surface area (Å²) >= 11 is 3.47. The van der Waals surface area contributed by atoms with Gasteiger partial charge in [-0.1, -0.05) is 34.1 Å². The standard InChI is InChI=1S/C20H22BrNO2/c1-14-11-15(2)13-18(12-14)22-19(23)20(7-9-24-10-8-20)16-3-5-17(21)6-4-16/h3-6,11-13H,7-10H2,1-2H3,(H,22,23). The number of halogens is 1. The van der Waals surface area contributed by atoms with E-state index in [4.69, 9.17) is 4.74 Å². The minimum absolute atomic E-state index is 0.0538. The quantitative estimate of drug-likeness (QED) is 0.824. The Labute approximate surface area is 151 Å². The summed E-state index contributed by atoms with van der Waals surface area (Å²) in [5.74, 6) is 0.0538. The first-order valence-corrected chi connectivity index (χ1v) is 9.02. The van der Waals surface area contributed by atoms with Gasteiger partial charge in [0, 0.05) is 23.4 Å². The van der Waals surface area contributed by atoms with Gasteiger partial charge in [0.2, 0.25) is 5.91 Å². The lowest BCUT2D eigenvalue weighted by Gasteiger charge is -2.36. The molecule has 0 spiro atoms. The third kappa shape index (κ3) is 3.55. The number of ether oxygens (including phenoxy) is 1. The summed E-state index contributed by atoms with van der Waals surface area (Å²) in [4.78, 5) is 13.2. The van der Waals surface area contributed by atoms with E-state index >= 15 is 0 Å². The van der Waals surface area contributed by atoms with Gasteiger partial charge in [0.25, 0.3) is 0 Å². The molecule has 2 aromatic carbocycles. The van der Waals surface area contributed by atoms with Crippen molar-refractivity contribution in [2.45, 2.75) is 32.1 Å². The number of hydrogen-bond acceptors (Lipinski definition) is 2. The molecule has 0 atom stereocenters. The van der Waals surface area contributed by atoms with E-state index in [2.05, 4.69) is 27.3 Å². The number of rotatable bonds is 3. The first kappa shape index (κ1) is 17.2. The van der Waals surface area contributed by atoms with Gasteiger partial charge in [0.1, 0.15) is 0 Å². The number of benzene rings is 2. The smallest absolute Gasteiger partial charge is 0.235 e. The third-order valence-corrected chi connectivity index (χ3v) is 5.19. The largest absolute Gasteiger partial charge is 0.381 e. The minimum atomic E-state index is -0.531. The van der Waals surface area contributed by atoms with Gasteiger partial charge in [0.15, 0.2) is 0 Å². The molecule has 1 fully saturated rings. The van der Waals surface area contributed by atoms with Crippen LogP contribution in [-0.2, 0) is 14.9 Å². The number of hydrogen-bond donors (Lipinski definition) is 1. The second kappa shape index (κ2) is 7.08. The molecule has 2 aromatic rings. The average molecular weight is 388 g/mol. The Balaban J connectivity index is 1.93. The molecule has 3 rings (SSSR count). The van der Waals surface area contributed by atoms with Crippen molar-refractivity contribution in [3.05, 3.63) is 63.6 Å². The van der Waals surface area contributed by atoms with Gasteiger partial charge in [-0.05, 0) is 67.6 Å². The second-order valence-electron chi connectivity index (χ2n) is 6.53. The number of carbonyl (C=O) groups is 1. The van der Waals surface area contributed by atoms with Gasteiger partial charge in [0.05, 0.1) is 5.41 Å². The van der Waals surface area contributed by atoms with Crippen LogP contribution < -0.4 is 5.32 Å². The summed E-state index contributed by atoms with van der Waals surface area (Å²) in [6.07, 6.45) is 1.40. The Kier molecular flexibility index (Phi) is 5.07. The lowest BCUT2D eigenvalue weighted by molar-refractivity contribution is -0.125. The maximum Gasteiger partial charge on any atom is 0.235 e. The summed E-state index contributed by atoms with van der Waals surface area (Å²) in [6, 6.07) is 14.2.